The molecule has 0 amide bonds. The number of phenols is 1. The van der Waals surface area contributed by atoms with E-state index in [0.717, 1.165) is 17.4 Å². The molecule has 174 valence electrons. The highest BCUT2D eigenvalue weighted by molar-refractivity contribution is 7.13. The van der Waals surface area contributed by atoms with Crippen LogP contribution in [0.15, 0.2) is 22.7 Å². The van der Waals surface area contributed by atoms with Gasteiger partial charge in [-0.2, -0.15) is 0 Å². The molecule has 33 heavy (non-hydrogen) atoms. The summed E-state index contributed by atoms with van der Waals surface area (Å²) in [7, 11) is -1.53. The molecule has 2 aromatic rings. The molecule has 0 radical (unpaired) electrons. The summed E-state index contributed by atoms with van der Waals surface area (Å²) in [5.74, 6) is -4.53. The lowest BCUT2D eigenvalue weighted by Gasteiger charge is -2.28. The predicted molar refractivity (Wildman–Crippen MR) is 117 cm³/mol. The van der Waals surface area contributed by atoms with Crippen LogP contribution in [0.2, 0.25) is 5.82 Å². The van der Waals surface area contributed by atoms with Crippen molar-refractivity contribution in [2.75, 3.05) is 5.73 Å². The topological polar surface area (TPSA) is 202 Å². The fourth-order valence-corrected chi connectivity index (χ4v) is 3.61. The minimum atomic E-state index is -1.73. The Bertz CT molecular complexity index is 1150. The number of aromatic nitrogens is 1. The van der Waals surface area contributed by atoms with Crippen LogP contribution in [0.25, 0.3) is 0 Å². The number of hydrogen-bond acceptors (Lipinski definition) is 11. The third kappa shape index (κ3) is 5.23. The summed E-state index contributed by atoms with van der Waals surface area (Å²) in [6.45, 7) is 2.50. The molecule has 3 rings (SSSR count). The van der Waals surface area contributed by atoms with E-state index in [2.05, 4.69) is 10.1 Å². The van der Waals surface area contributed by atoms with Crippen molar-refractivity contribution in [2.45, 2.75) is 38.1 Å². The molecule has 0 aliphatic carbocycles. The number of aliphatic carboxylic acids is 1. The summed E-state index contributed by atoms with van der Waals surface area (Å²) < 4.78 is 5.36. The van der Waals surface area contributed by atoms with Crippen LogP contribution in [0.3, 0.4) is 0 Å². The number of thiazole rings is 1. The van der Waals surface area contributed by atoms with Gasteiger partial charge in [-0.15, -0.1) is 11.3 Å². The first-order valence-corrected chi connectivity index (χ1v) is 10.4. The van der Waals surface area contributed by atoms with Gasteiger partial charge in [0.25, 0.3) is 0 Å². The van der Waals surface area contributed by atoms with Crippen molar-refractivity contribution in [1.29, 1.82) is 0 Å². The Labute approximate surface area is 191 Å². The zero-order valence-corrected chi connectivity index (χ0v) is 18.3. The number of aromatic carboxylic acids is 1. The number of anilines is 1. The van der Waals surface area contributed by atoms with E-state index in [1.54, 1.807) is 0 Å². The van der Waals surface area contributed by atoms with Crippen molar-refractivity contribution < 1.29 is 44.2 Å². The van der Waals surface area contributed by atoms with Gasteiger partial charge in [0, 0.05) is 17.6 Å². The Hall–Kier alpha value is -3.65. The minimum absolute atomic E-state index is 0.0187. The van der Waals surface area contributed by atoms with Crippen molar-refractivity contribution in [1.82, 2.24) is 4.98 Å². The van der Waals surface area contributed by atoms with E-state index < -0.39 is 36.3 Å². The van der Waals surface area contributed by atoms with E-state index >= 15 is 0 Å². The lowest BCUT2D eigenvalue weighted by atomic mass is 9.64. The molecule has 1 atom stereocenters. The Kier molecular flexibility index (Phi) is 6.60. The Morgan fingerprint density at radius 1 is 1.36 bits per heavy atom. The molecule has 6 N–H and O–H groups in total. The molecule has 2 heterocycles. The molecule has 0 bridgehead atoms. The van der Waals surface area contributed by atoms with E-state index in [1.165, 1.54) is 25.3 Å². The SMILES string of the molecule is CC(C)(O/N=C(\C(=O)C[C@H]1Cc2cc(O)cc(C(=O)O)c2OB1O)c1csc(N)n1)C(=O)O. The highest BCUT2D eigenvalue weighted by Gasteiger charge is 2.39. The number of oxime groups is 1. The first-order chi connectivity index (χ1) is 15.4. The Morgan fingerprint density at radius 2 is 2.06 bits per heavy atom. The molecule has 0 saturated heterocycles. The van der Waals surface area contributed by atoms with Crippen molar-refractivity contribution in [3.63, 3.8) is 0 Å². The van der Waals surface area contributed by atoms with Gasteiger partial charge in [0.1, 0.15) is 22.8 Å². The number of carbonyl (C=O) groups excluding carboxylic acids is 1. The van der Waals surface area contributed by atoms with Gasteiger partial charge in [0.2, 0.25) is 5.60 Å². The molecule has 1 aliphatic heterocycles. The van der Waals surface area contributed by atoms with E-state index in [-0.39, 0.29) is 46.4 Å². The van der Waals surface area contributed by atoms with Gasteiger partial charge in [0.15, 0.2) is 16.6 Å². The number of fused-ring (bicyclic) bond motifs is 1. The first-order valence-electron chi connectivity index (χ1n) is 9.57. The van der Waals surface area contributed by atoms with E-state index in [9.17, 15) is 34.7 Å². The number of aromatic hydroxyl groups is 1. The standard InChI is InChI=1S/C19H20BN3O9S/c1-19(2,17(28)29)32-23-14(12-7-33-18(21)22-12)13(25)5-9-3-8-4-10(24)6-11(16(26)27)15(8)31-20(9)30/h4,6-7,9,24,30H,3,5H2,1-2H3,(H2,21,22)(H,26,27)(H,28,29)/b23-14-/t9-/m1/s1. The van der Waals surface area contributed by atoms with Gasteiger partial charge >= 0.3 is 19.1 Å². The molecule has 0 spiro atoms. The summed E-state index contributed by atoms with van der Waals surface area (Å²) in [5, 5.41) is 44.1. The molecule has 0 unspecified atom stereocenters. The number of rotatable bonds is 8. The van der Waals surface area contributed by atoms with Gasteiger partial charge in [-0.1, -0.05) is 5.16 Å². The van der Waals surface area contributed by atoms with Gasteiger partial charge < -0.3 is 35.6 Å². The minimum Gasteiger partial charge on any atom is -0.535 e. The lowest BCUT2D eigenvalue weighted by molar-refractivity contribution is -0.161. The van der Waals surface area contributed by atoms with E-state index in [4.69, 9.17) is 15.2 Å². The zero-order chi connectivity index (χ0) is 24.5. The lowest BCUT2D eigenvalue weighted by Crippen LogP contribution is -2.37. The van der Waals surface area contributed by atoms with Gasteiger partial charge in [-0.05, 0) is 38.0 Å². The second-order valence-corrected chi connectivity index (χ2v) is 8.69. The van der Waals surface area contributed by atoms with Gasteiger partial charge in [-0.3, -0.25) is 4.79 Å². The monoisotopic (exact) mass is 477 g/mol. The van der Waals surface area contributed by atoms with Crippen molar-refractivity contribution in [2.24, 2.45) is 5.16 Å². The molecule has 1 aromatic carbocycles. The number of ketones is 1. The number of carboxylic acids is 2. The number of phenolic OH excluding ortho intramolecular Hbond substituents is 1. The van der Waals surface area contributed by atoms with Crippen molar-refractivity contribution in [3.05, 3.63) is 34.3 Å². The predicted octanol–water partition coefficient (Wildman–Crippen LogP) is 1.16. The maximum Gasteiger partial charge on any atom is 0.526 e. The molecule has 1 aliphatic rings. The largest absolute Gasteiger partial charge is 0.535 e. The van der Waals surface area contributed by atoms with Crippen LogP contribution in [0.4, 0.5) is 5.13 Å². The van der Waals surface area contributed by atoms with Crippen molar-refractivity contribution >= 4 is 47.0 Å². The number of nitrogen functional groups attached to an aromatic ring is 1. The zero-order valence-electron chi connectivity index (χ0n) is 17.5. The van der Waals surface area contributed by atoms with Crippen molar-refractivity contribution in [3.8, 4) is 11.5 Å². The average molecular weight is 477 g/mol. The summed E-state index contributed by atoms with van der Waals surface area (Å²) in [6.07, 6.45) is -0.309. The molecule has 0 fully saturated rings. The normalized spacial score (nSPS) is 16.0. The molecule has 14 heteroatoms. The Morgan fingerprint density at radius 3 is 2.64 bits per heavy atom. The molecule has 1 aromatic heterocycles. The number of nitrogens with two attached hydrogens (primary N) is 1. The fourth-order valence-electron chi connectivity index (χ4n) is 3.07. The number of carboxylic acid groups (broad SMARTS) is 2. The molecular weight excluding hydrogens is 457 g/mol. The molecule has 12 nitrogen and oxygen atoms in total. The molecular formula is C19H20BN3O9S. The Balaban J connectivity index is 1.88. The number of Topliss-reactive ketones (excluding diaryl/α,β-unsaturated/α-hetero) is 1. The van der Waals surface area contributed by atoms with Crippen LogP contribution in [0.5, 0.6) is 11.5 Å². The molecule has 0 saturated carbocycles. The maximum absolute atomic E-state index is 13.1. The summed E-state index contributed by atoms with van der Waals surface area (Å²) in [5.41, 5.74) is 3.66. The van der Waals surface area contributed by atoms with Crippen LogP contribution < -0.4 is 10.4 Å². The quantitative estimate of drug-likeness (QED) is 0.207. The fraction of sp³-hybridized carbons (Fsp3) is 0.316. The first kappa shape index (κ1) is 24.0. The second-order valence-electron chi connectivity index (χ2n) is 7.80. The van der Waals surface area contributed by atoms with Gasteiger partial charge in [-0.25, -0.2) is 14.6 Å². The van der Waals surface area contributed by atoms with Crippen LogP contribution >= 0.6 is 11.3 Å². The van der Waals surface area contributed by atoms with E-state index in [1.807, 2.05) is 0 Å². The third-order valence-corrected chi connectivity index (χ3v) is 5.54. The van der Waals surface area contributed by atoms with Crippen LogP contribution in [0.1, 0.15) is 41.9 Å². The average Bonchev–Trinajstić information content (AvgIpc) is 3.14. The van der Waals surface area contributed by atoms with E-state index in [0.29, 0.717) is 5.56 Å². The highest BCUT2D eigenvalue weighted by atomic mass is 32.1. The van der Waals surface area contributed by atoms with Crippen LogP contribution in [-0.4, -0.2) is 61.5 Å². The second kappa shape index (κ2) is 9.07. The highest BCUT2D eigenvalue weighted by Crippen LogP contribution is 2.38. The number of nitrogens with zero attached hydrogens (tertiary/aromatic N) is 2. The van der Waals surface area contributed by atoms with Crippen LogP contribution in [-0.2, 0) is 20.8 Å². The summed E-state index contributed by atoms with van der Waals surface area (Å²) in [6, 6.07) is 2.29. The smallest absolute Gasteiger partial charge is 0.526 e. The maximum atomic E-state index is 13.1. The third-order valence-electron chi connectivity index (χ3n) is 4.86. The number of hydrogen-bond donors (Lipinski definition) is 5. The number of benzene rings is 1. The summed E-state index contributed by atoms with van der Waals surface area (Å²) >= 11 is 1.04. The van der Waals surface area contributed by atoms with Gasteiger partial charge in [0.05, 0.1) is 0 Å². The summed E-state index contributed by atoms with van der Waals surface area (Å²) in [4.78, 5) is 44.8. The van der Waals surface area contributed by atoms with Crippen LogP contribution in [0, 0.1) is 0 Å². The number of carbonyl (C=O) groups is 3.